The molecular weight excluding hydrogens is 322 g/mol. The second kappa shape index (κ2) is 6.95. The van der Waals surface area contributed by atoms with Gasteiger partial charge in [0.25, 0.3) is 0 Å². The molecule has 1 aliphatic carbocycles. The van der Waals surface area contributed by atoms with Gasteiger partial charge in [-0.2, -0.15) is 0 Å². The summed E-state index contributed by atoms with van der Waals surface area (Å²) >= 11 is 0. The second-order valence-corrected chi connectivity index (χ2v) is 8.33. The summed E-state index contributed by atoms with van der Waals surface area (Å²) in [5.74, 6) is 1.35. The number of hydrogen-bond acceptors (Lipinski definition) is 4. The van der Waals surface area contributed by atoms with Gasteiger partial charge in [0.05, 0.1) is 4.90 Å². The predicted molar refractivity (Wildman–Crippen MR) is 95.5 cm³/mol. The fourth-order valence-electron chi connectivity index (χ4n) is 3.10. The maximum absolute atomic E-state index is 11.8. The maximum atomic E-state index is 11.8. The van der Waals surface area contributed by atoms with Crippen molar-refractivity contribution in [1.29, 1.82) is 0 Å². The highest BCUT2D eigenvalue weighted by Crippen LogP contribution is 2.31. The van der Waals surface area contributed by atoms with Crippen LogP contribution in [-0.4, -0.2) is 21.7 Å². The number of aryl methyl sites for hydroxylation is 2. The molecule has 1 N–H and O–H groups in total. The molecule has 0 bridgehead atoms. The molecule has 0 saturated carbocycles. The van der Waals surface area contributed by atoms with Crippen LogP contribution in [0.25, 0.3) is 0 Å². The Morgan fingerprint density at radius 2 is 1.79 bits per heavy atom. The lowest BCUT2D eigenvalue weighted by molar-refractivity contribution is 0.470. The second-order valence-electron chi connectivity index (χ2n) is 6.31. The first-order valence-corrected chi connectivity index (χ1v) is 10.1. The molecule has 0 spiro atoms. The first-order chi connectivity index (χ1) is 11.5. The molecule has 0 unspecified atom stereocenters. The number of benzene rings is 2. The van der Waals surface area contributed by atoms with Crippen molar-refractivity contribution >= 4 is 9.84 Å². The van der Waals surface area contributed by atoms with E-state index in [1.54, 1.807) is 18.2 Å². The zero-order valence-corrected chi connectivity index (χ0v) is 14.9. The van der Waals surface area contributed by atoms with E-state index in [1.807, 2.05) is 13.1 Å². The Labute approximate surface area is 143 Å². The van der Waals surface area contributed by atoms with E-state index in [-0.39, 0.29) is 4.90 Å². The first kappa shape index (κ1) is 17.0. The van der Waals surface area contributed by atoms with Crippen molar-refractivity contribution in [3.63, 3.8) is 0 Å². The van der Waals surface area contributed by atoms with Crippen LogP contribution < -0.4 is 10.1 Å². The lowest BCUT2D eigenvalue weighted by Crippen LogP contribution is -2.08. The fraction of sp³-hybridized carbons (Fsp3) is 0.368. The van der Waals surface area contributed by atoms with E-state index in [0.29, 0.717) is 12.3 Å². The Kier molecular flexibility index (Phi) is 4.92. The summed E-state index contributed by atoms with van der Waals surface area (Å²) in [6.07, 6.45) is 5.88. The molecule has 0 atom stereocenters. The third kappa shape index (κ3) is 3.79. The Bertz CT molecular complexity index is 844. The average Bonchev–Trinajstić information content (AvgIpc) is 2.55. The minimum absolute atomic E-state index is 0.273. The van der Waals surface area contributed by atoms with Crippen LogP contribution in [0.2, 0.25) is 0 Å². The monoisotopic (exact) mass is 345 g/mol. The molecule has 3 rings (SSSR count). The van der Waals surface area contributed by atoms with Crippen molar-refractivity contribution in [2.75, 3.05) is 13.3 Å². The summed E-state index contributed by atoms with van der Waals surface area (Å²) in [5, 5.41) is 3.09. The quantitative estimate of drug-likeness (QED) is 0.901. The molecule has 0 radical (unpaired) electrons. The molecule has 24 heavy (non-hydrogen) atoms. The maximum Gasteiger partial charge on any atom is 0.175 e. The van der Waals surface area contributed by atoms with Gasteiger partial charge in [0.2, 0.25) is 0 Å². The number of fused-ring (bicyclic) bond motifs is 1. The molecule has 2 aromatic rings. The van der Waals surface area contributed by atoms with Gasteiger partial charge in [0.15, 0.2) is 9.84 Å². The summed E-state index contributed by atoms with van der Waals surface area (Å²) < 4.78 is 29.7. The fourth-order valence-corrected chi connectivity index (χ4v) is 3.73. The molecule has 0 aliphatic heterocycles. The van der Waals surface area contributed by atoms with Crippen LogP contribution in [0.4, 0.5) is 0 Å². The third-order valence-corrected chi connectivity index (χ3v) is 5.49. The highest BCUT2D eigenvalue weighted by atomic mass is 32.2. The van der Waals surface area contributed by atoms with Crippen LogP contribution in [0, 0.1) is 0 Å². The van der Waals surface area contributed by atoms with E-state index in [2.05, 4.69) is 17.4 Å². The number of hydrogen-bond donors (Lipinski definition) is 1. The van der Waals surface area contributed by atoms with Crippen molar-refractivity contribution in [3.8, 4) is 11.5 Å². The van der Waals surface area contributed by atoms with Crippen molar-refractivity contribution in [2.45, 2.75) is 37.1 Å². The molecule has 5 heteroatoms. The zero-order chi connectivity index (χ0) is 17.2. The molecule has 0 saturated heterocycles. The minimum atomic E-state index is -3.26. The largest absolute Gasteiger partial charge is 0.457 e. The normalized spacial score (nSPS) is 14.2. The topological polar surface area (TPSA) is 55.4 Å². The summed E-state index contributed by atoms with van der Waals surface area (Å²) in [4.78, 5) is 0.273. The summed E-state index contributed by atoms with van der Waals surface area (Å²) in [6.45, 7) is 0.615. The molecule has 0 aromatic heterocycles. The Hall–Kier alpha value is -1.85. The van der Waals surface area contributed by atoms with Crippen LogP contribution in [-0.2, 0) is 29.2 Å². The molecule has 1 aliphatic rings. The van der Waals surface area contributed by atoms with Crippen molar-refractivity contribution < 1.29 is 13.2 Å². The summed E-state index contributed by atoms with van der Waals surface area (Å²) in [5.41, 5.74) is 3.67. The molecule has 4 nitrogen and oxygen atoms in total. The van der Waals surface area contributed by atoms with E-state index >= 15 is 0 Å². The van der Waals surface area contributed by atoms with Gasteiger partial charge in [-0.3, -0.25) is 0 Å². The van der Waals surface area contributed by atoms with E-state index in [1.165, 1.54) is 30.2 Å². The number of nitrogens with one attached hydrogen (secondary N) is 1. The van der Waals surface area contributed by atoms with Crippen LogP contribution in [0.5, 0.6) is 11.5 Å². The zero-order valence-electron chi connectivity index (χ0n) is 14.1. The van der Waals surface area contributed by atoms with Gasteiger partial charge in [-0.1, -0.05) is 12.1 Å². The SMILES string of the molecule is CNCc1ccc(S(C)(=O)=O)cc1Oc1ccc2c(c1)CCCC2. The first-order valence-electron chi connectivity index (χ1n) is 8.24. The lowest BCUT2D eigenvalue weighted by Gasteiger charge is -2.18. The Morgan fingerprint density at radius 1 is 1.04 bits per heavy atom. The molecule has 2 aromatic carbocycles. The highest BCUT2D eigenvalue weighted by Gasteiger charge is 2.14. The molecular formula is C19H23NO3S. The van der Waals surface area contributed by atoms with Crippen molar-refractivity contribution in [3.05, 3.63) is 53.1 Å². The van der Waals surface area contributed by atoms with Gasteiger partial charge in [0, 0.05) is 18.4 Å². The smallest absolute Gasteiger partial charge is 0.175 e. The van der Waals surface area contributed by atoms with Gasteiger partial charge in [-0.05, 0) is 68.1 Å². The van der Waals surface area contributed by atoms with Gasteiger partial charge >= 0.3 is 0 Å². The van der Waals surface area contributed by atoms with Crippen molar-refractivity contribution in [1.82, 2.24) is 5.32 Å². The summed E-state index contributed by atoms with van der Waals surface area (Å²) in [6, 6.07) is 11.2. The molecule has 128 valence electrons. The van der Waals surface area contributed by atoms with E-state index in [4.69, 9.17) is 4.74 Å². The predicted octanol–water partition coefficient (Wildman–Crippen LogP) is 3.48. The van der Waals surface area contributed by atoms with Gasteiger partial charge in [-0.25, -0.2) is 8.42 Å². The lowest BCUT2D eigenvalue weighted by atomic mass is 9.92. The van der Waals surface area contributed by atoms with Gasteiger partial charge in [-0.15, -0.1) is 0 Å². The van der Waals surface area contributed by atoms with Gasteiger partial charge in [0.1, 0.15) is 11.5 Å². The van der Waals surface area contributed by atoms with Crippen LogP contribution in [0.3, 0.4) is 0 Å². The van der Waals surface area contributed by atoms with Gasteiger partial charge < -0.3 is 10.1 Å². The summed E-state index contributed by atoms with van der Waals surface area (Å²) in [7, 11) is -1.41. The Balaban J connectivity index is 1.95. The molecule has 0 amide bonds. The molecule has 0 fully saturated rings. The van der Waals surface area contributed by atoms with Crippen LogP contribution in [0.15, 0.2) is 41.3 Å². The van der Waals surface area contributed by atoms with Crippen LogP contribution >= 0.6 is 0 Å². The van der Waals surface area contributed by atoms with Crippen molar-refractivity contribution in [2.24, 2.45) is 0 Å². The Morgan fingerprint density at radius 3 is 2.50 bits per heavy atom. The van der Waals surface area contributed by atoms with E-state index in [0.717, 1.165) is 24.2 Å². The number of rotatable bonds is 5. The standard InChI is InChI=1S/C19H23NO3S/c1-20-13-16-8-10-18(24(2,21)22)12-19(16)23-17-9-7-14-5-3-4-6-15(14)11-17/h7-12,20H,3-6,13H2,1-2H3. The molecule has 0 heterocycles. The number of sulfone groups is 1. The van der Waals surface area contributed by atoms with E-state index in [9.17, 15) is 8.42 Å². The minimum Gasteiger partial charge on any atom is -0.457 e. The average molecular weight is 345 g/mol. The number of ether oxygens (including phenoxy) is 1. The highest BCUT2D eigenvalue weighted by molar-refractivity contribution is 7.90. The van der Waals surface area contributed by atoms with E-state index < -0.39 is 9.84 Å². The van der Waals surface area contributed by atoms with Crippen LogP contribution in [0.1, 0.15) is 29.5 Å². The third-order valence-electron chi connectivity index (χ3n) is 4.38.